The minimum Gasteiger partial charge on any atom is -0.493 e. The average molecular weight is 480 g/mol. The summed E-state index contributed by atoms with van der Waals surface area (Å²) in [5.41, 5.74) is 3.09. The van der Waals surface area contributed by atoms with Gasteiger partial charge in [-0.1, -0.05) is 27.5 Å². The van der Waals surface area contributed by atoms with Crippen molar-refractivity contribution in [1.82, 2.24) is 0 Å². The number of rotatable bonds is 3. The van der Waals surface area contributed by atoms with E-state index in [9.17, 15) is 5.11 Å². The summed E-state index contributed by atoms with van der Waals surface area (Å²) in [6.45, 7) is 0.712. The summed E-state index contributed by atoms with van der Waals surface area (Å²) in [4.78, 5) is 0. The molecule has 2 nitrogen and oxygen atoms in total. The molecule has 2 aromatic carbocycles. The Balaban J connectivity index is 1.92. The summed E-state index contributed by atoms with van der Waals surface area (Å²) in [5.74, 6) is 0.925. The molecule has 5 heteroatoms. The summed E-state index contributed by atoms with van der Waals surface area (Å²) < 4.78 is 7.75. The van der Waals surface area contributed by atoms with Crippen LogP contribution in [0.25, 0.3) is 0 Å². The van der Waals surface area contributed by atoms with E-state index in [1.54, 1.807) is 0 Å². The van der Waals surface area contributed by atoms with Crippen LogP contribution in [0.15, 0.2) is 34.8 Å². The van der Waals surface area contributed by atoms with Crippen molar-refractivity contribution < 1.29 is 9.84 Å². The first-order valence-corrected chi connectivity index (χ1v) is 8.86. The molecule has 0 saturated carbocycles. The Morgan fingerprint density at radius 3 is 2.95 bits per heavy atom. The molecule has 110 valence electrons. The van der Waals surface area contributed by atoms with Crippen LogP contribution < -0.4 is 4.74 Å². The molecule has 0 saturated heterocycles. The molecule has 0 aliphatic carbocycles. The van der Waals surface area contributed by atoms with Crippen LogP contribution in [0.5, 0.6) is 5.75 Å². The second-order valence-electron chi connectivity index (χ2n) is 5.04. The van der Waals surface area contributed by atoms with E-state index in [2.05, 4.69) is 44.6 Å². The van der Waals surface area contributed by atoms with Gasteiger partial charge >= 0.3 is 0 Å². The number of aliphatic hydroxyl groups is 1. The van der Waals surface area contributed by atoms with Gasteiger partial charge in [-0.25, -0.2) is 0 Å². The standard InChI is InChI=1S/C16H13BrClIO2/c17-11-5-9-3-4-21-16(9)10(6-11)7-15(20)13-8-12(18)1-2-14(13)19/h1-2,5-6,8,15,20H,3-4,7H2. The monoisotopic (exact) mass is 478 g/mol. The van der Waals surface area contributed by atoms with Gasteiger partial charge in [0.1, 0.15) is 5.75 Å². The highest BCUT2D eigenvalue weighted by Crippen LogP contribution is 2.36. The first kappa shape index (κ1) is 15.6. The molecule has 3 rings (SSSR count). The van der Waals surface area contributed by atoms with Crippen molar-refractivity contribution in [3.8, 4) is 5.75 Å². The van der Waals surface area contributed by atoms with Crippen LogP contribution in [0, 0.1) is 3.57 Å². The highest BCUT2D eigenvalue weighted by atomic mass is 127. The summed E-state index contributed by atoms with van der Waals surface area (Å²) in [5, 5.41) is 11.2. The Labute approximate surface area is 150 Å². The zero-order chi connectivity index (χ0) is 15.0. The third-order valence-corrected chi connectivity index (χ3v) is 5.23. The van der Waals surface area contributed by atoms with Gasteiger partial charge in [0.2, 0.25) is 0 Å². The van der Waals surface area contributed by atoms with Crippen LogP contribution in [-0.4, -0.2) is 11.7 Å². The van der Waals surface area contributed by atoms with Crippen LogP contribution >= 0.6 is 50.1 Å². The molecule has 1 atom stereocenters. The number of halogens is 3. The van der Waals surface area contributed by atoms with Crippen molar-refractivity contribution in [3.63, 3.8) is 0 Å². The molecular formula is C16H13BrClIO2. The predicted octanol–water partition coefficient (Wildman–Crippen LogP) is 4.92. The summed E-state index contributed by atoms with van der Waals surface area (Å²) in [6.07, 6.45) is 0.836. The Morgan fingerprint density at radius 1 is 1.33 bits per heavy atom. The van der Waals surface area contributed by atoms with Crippen molar-refractivity contribution in [2.75, 3.05) is 6.61 Å². The third kappa shape index (κ3) is 3.38. The first-order valence-electron chi connectivity index (χ1n) is 6.61. The fourth-order valence-corrected chi connectivity index (χ4v) is 4.01. The number of hydrogen-bond donors (Lipinski definition) is 1. The van der Waals surface area contributed by atoms with Gasteiger partial charge in [0.05, 0.1) is 12.7 Å². The normalized spacial score (nSPS) is 14.7. The zero-order valence-electron chi connectivity index (χ0n) is 11.1. The Morgan fingerprint density at radius 2 is 2.14 bits per heavy atom. The SMILES string of the molecule is OC(Cc1cc(Br)cc2c1OCC2)c1cc(Cl)ccc1I. The van der Waals surface area contributed by atoms with Gasteiger partial charge in [0, 0.05) is 25.9 Å². The Bertz CT molecular complexity index is 690. The molecule has 1 unspecified atom stereocenters. The number of aliphatic hydroxyl groups excluding tert-OH is 1. The van der Waals surface area contributed by atoms with Crippen LogP contribution in [0.3, 0.4) is 0 Å². The molecule has 0 spiro atoms. The largest absolute Gasteiger partial charge is 0.493 e. The van der Waals surface area contributed by atoms with Crippen LogP contribution in [0.4, 0.5) is 0 Å². The van der Waals surface area contributed by atoms with Crippen molar-refractivity contribution in [3.05, 3.63) is 60.1 Å². The maximum absolute atomic E-state index is 10.6. The topological polar surface area (TPSA) is 29.5 Å². The molecular weight excluding hydrogens is 466 g/mol. The van der Waals surface area contributed by atoms with Gasteiger partial charge < -0.3 is 9.84 Å². The minimum absolute atomic E-state index is 0.512. The van der Waals surface area contributed by atoms with Crippen molar-refractivity contribution >= 4 is 50.1 Å². The Hall–Kier alpha value is -0.300. The molecule has 0 fully saturated rings. The lowest BCUT2D eigenvalue weighted by molar-refractivity contribution is 0.176. The lowest BCUT2D eigenvalue weighted by Gasteiger charge is -2.16. The van der Waals surface area contributed by atoms with E-state index in [1.165, 1.54) is 5.56 Å². The quantitative estimate of drug-likeness (QED) is 0.634. The van der Waals surface area contributed by atoms with E-state index in [0.717, 1.165) is 31.3 Å². The molecule has 1 N–H and O–H groups in total. The van der Waals surface area contributed by atoms with Crippen LogP contribution in [0.2, 0.25) is 5.02 Å². The van der Waals surface area contributed by atoms with Gasteiger partial charge in [-0.3, -0.25) is 0 Å². The van der Waals surface area contributed by atoms with Crippen molar-refractivity contribution in [2.45, 2.75) is 18.9 Å². The van der Waals surface area contributed by atoms with Gasteiger partial charge in [-0.2, -0.15) is 0 Å². The summed E-state index contributed by atoms with van der Waals surface area (Å²) in [7, 11) is 0. The first-order chi connectivity index (χ1) is 10.0. The molecule has 0 radical (unpaired) electrons. The zero-order valence-corrected chi connectivity index (χ0v) is 15.6. The Kier molecular flexibility index (Phi) is 4.78. The smallest absolute Gasteiger partial charge is 0.125 e. The van der Waals surface area contributed by atoms with E-state index in [4.69, 9.17) is 16.3 Å². The second kappa shape index (κ2) is 6.44. The third-order valence-electron chi connectivity index (χ3n) is 3.56. The maximum Gasteiger partial charge on any atom is 0.125 e. The highest BCUT2D eigenvalue weighted by Gasteiger charge is 2.21. The maximum atomic E-state index is 10.6. The van der Waals surface area contributed by atoms with Crippen LogP contribution in [0.1, 0.15) is 22.8 Å². The van der Waals surface area contributed by atoms with E-state index in [-0.39, 0.29) is 0 Å². The molecule has 0 amide bonds. The molecule has 1 heterocycles. The van der Waals surface area contributed by atoms with Gasteiger partial charge in [-0.15, -0.1) is 0 Å². The number of fused-ring (bicyclic) bond motifs is 1. The lowest BCUT2D eigenvalue weighted by Crippen LogP contribution is -2.05. The van der Waals surface area contributed by atoms with Crippen LogP contribution in [-0.2, 0) is 12.8 Å². The lowest BCUT2D eigenvalue weighted by atomic mass is 9.99. The molecule has 1 aliphatic rings. The van der Waals surface area contributed by atoms with E-state index in [0.29, 0.717) is 18.1 Å². The van der Waals surface area contributed by atoms with Gasteiger partial charge in [-0.05, 0) is 69.6 Å². The van der Waals surface area contributed by atoms with Crippen molar-refractivity contribution in [1.29, 1.82) is 0 Å². The molecule has 1 aliphatic heterocycles. The number of benzene rings is 2. The second-order valence-corrected chi connectivity index (χ2v) is 7.55. The molecule has 0 bridgehead atoms. The predicted molar refractivity (Wildman–Crippen MR) is 96.2 cm³/mol. The summed E-state index contributed by atoms with van der Waals surface area (Å²) in [6, 6.07) is 9.68. The minimum atomic E-state index is -0.599. The molecule has 2 aromatic rings. The molecule has 21 heavy (non-hydrogen) atoms. The fraction of sp³-hybridized carbons (Fsp3) is 0.250. The number of ether oxygens (including phenoxy) is 1. The number of hydrogen-bond acceptors (Lipinski definition) is 2. The summed E-state index contributed by atoms with van der Waals surface area (Å²) >= 11 is 11.8. The highest BCUT2D eigenvalue weighted by molar-refractivity contribution is 14.1. The van der Waals surface area contributed by atoms with Gasteiger partial charge in [0.15, 0.2) is 0 Å². The fourth-order valence-electron chi connectivity index (χ4n) is 2.59. The van der Waals surface area contributed by atoms with Crippen molar-refractivity contribution in [2.24, 2.45) is 0 Å². The van der Waals surface area contributed by atoms with E-state index < -0.39 is 6.10 Å². The molecule has 0 aromatic heterocycles. The average Bonchev–Trinajstić information content (AvgIpc) is 2.89. The van der Waals surface area contributed by atoms with E-state index >= 15 is 0 Å². The van der Waals surface area contributed by atoms with E-state index in [1.807, 2.05) is 24.3 Å². The van der Waals surface area contributed by atoms with Gasteiger partial charge in [0.25, 0.3) is 0 Å².